The first-order chi connectivity index (χ1) is 12.9. The summed E-state index contributed by atoms with van der Waals surface area (Å²) in [7, 11) is -1.08. The lowest BCUT2D eigenvalue weighted by Gasteiger charge is -2.15. The number of urea groups is 1. The molecule has 3 heterocycles. The average Bonchev–Trinajstić information content (AvgIpc) is 3.26. The number of nitrogens with zero attached hydrogens (tertiary/aromatic N) is 3. The molecule has 1 unspecified atom stereocenters. The number of aromatic nitrogens is 3. The van der Waals surface area contributed by atoms with Crippen molar-refractivity contribution in [3.63, 3.8) is 0 Å². The number of carbonyl (C=O) groups excluding carboxylic acids is 1. The number of hydrogen-bond acceptors (Lipinski definition) is 5. The Morgan fingerprint density at radius 2 is 2.17 bits per heavy atom. The fourth-order valence-electron chi connectivity index (χ4n) is 2.97. The molecule has 1 fully saturated rings. The molecule has 2 aromatic heterocycles. The van der Waals surface area contributed by atoms with E-state index in [-0.39, 0.29) is 30.8 Å². The molecule has 0 radical (unpaired) electrons. The van der Waals surface area contributed by atoms with Gasteiger partial charge in [0, 0.05) is 33.5 Å². The highest BCUT2D eigenvalue weighted by molar-refractivity contribution is 6.76. The van der Waals surface area contributed by atoms with Crippen molar-refractivity contribution in [1.82, 2.24) is 25.2 Å². The third kappa shape index (κ3) is 8.10. The fourth-order valence-corrected chi connectivity index (χ4v) is 3.73. The first-order valence-corrected chi connectivity index (χ1v) is 13.3. The summed E-state index contributed by atoms with van der Waals surface area (Å²) >= 11 is 0. The Hall–Kier alpha value is -1.39. The molecule has 1 aliphatic heterocycles. The number of rotatable bonds is 8. The Morgan fingerprint density at radius 1 is 1.38 bits per heavy atom. The quantitative estimate of drug-likeness (QED) is 0.412. The Morgan fingerprint density at radius 3 is 2.86 bits per heavy atom. The lowest BCUT2D eigenvalue weighted by atomic mass is 10.2. The van der Waals surface area contributed by atoms with Crippen LogP contribution in [0.2, 0.25) is 25.7 Å². The van der Waals surface area contributed by atoms with Crippen LogP contribution in [0.1, 0.15) is 12.8 Å². The lowest BCUT2D eigenvalue weighted by Crippen LogP contribution is -2.39. The van der Waals surface area contributed by atoms with Crippen LogP contribution in [-0.4, -0.2) is 54.4 Å². The molecule has 29 heavy (non-hydrogen) atoms. The van der Waals surface area contributed by atoms with Crippen LogP contribution in [0, 0.1) is 0 Å². The molecule has 8 nitrogen and oxygen atoms in total. The molecule has 0 saturated carbocycles. The van der Waals surface area contributed by atoms with Crippen molar-refractivity contribution in [3.05, 3.63) is 18.5 Å². The lowest BCUT2D eigenvalue weighted by molar-refractivity contribution is 0.0899. The van der Waals surface area contributed by atoms with Crippen molar-refractivity contribution in [2.75, 3.05) is 25.0 Å². The Kier molecular flexibility index (Phi) is 10.4. The zero-order valence-corrected chi connectivity index (χ0v) is 19.9. The van der Waals surface area contributed by atoms with Crippen LogP contribution in [0.4, 0.5) is 10.6 Å². The second-order valence-electron chi connectivity index (χ2n) is 8.23. The van der Waals surface area contributed by atoms with E-state index in [1.54, 1.807) is 6.20 Å². The third-order valence-electron chi connectivity index (χ3n) is 4.60. The molecule has 3 N–H and O–H groups in total. The van der Waals surface area contributed by atoms with Gasteiger partial charge in [0.2, 0.25) is 0 Å². The van der Waals surface area contributed by atoms with Crippen molar-refractivity contribution >= 4 is 55.9 Å². The second-order valence-corrected chi connectivity index (χ2v) is 13.8. The summed E-state index contributed by atoms with van der Waals surface area (Å²) in [4.78, 5) is 20.9. The summed E-state index contributed by atoms with van der Waals surface area (Å²) in [5, 5.41) is 8.97. The highest BCUT2D eigenvalue weighted by Crippen LogP contribution is 2.14. The number of nitrogens with one attached hydrogen (secondary N) is 3. The number of anilines is 1. The maximum absolute atomic E-state index is 12.0. The molecule has 2 amide bonds. The molecule has 11 heteroatoms. The zero-order valence-electron chi connectivity index (χ0n) is 17.2. The number of amides is 2. The normalized spacial score (nSPS) is 16.2. The number of hydrogen-bond donors (Lipinski definition) is 3. The summed E-state index contributed by atoms with van der Waals surface area (Å²) in [6.45, 7) is 9.87. The predicted octanol–water partition coefficient (Wildman–Crippen LogP) is 3.46. The molecular weight excluding hydrogens is 431 g/mol. The van der Waals surface area contributed by atoms with Gasteiger partial charge in [0.1, 0.15) is 12.2 Å². The second kappa shape index (κ2) is 11.7. The molecule has 0 aromatic carbocycles. The Bertz CT molecular complexity index is 777. The first kappa shape index (κ1) is 25.6. The smallest absolute Gasteiger partial charge is 0.320 e. The molecule has 0 bridgehead atoms. The highest BCUT2D eigenvalue weighted by Gasteiger charge is 2.15. The Balaban J connectivity index is 0.00000210. The summed E-state index contributed by atoms with van der Waals surface area (Å²) in [6.07, 6.45) is 5.75. The summed E-state index contributed by atoms with van der Waals surface area (Å²) in [5.74, 6) is 0.441. The largest absolute Gasteiger partial charge is 0.361 e. The van der Waals surface area contributed by atoms with E-state index in [4.69, 9.17) is 4.74 Å². The summed E-state index contributed by atoms with van der Waals surface area (Å²) in [5.41, 5.74) is 1.49. The van der Waals surface area contributed by atoms with E-state index in [1.165, 1.54) is 0 Å². The third-order valence-corrected chi connectivity index (χ3v) is 6.31. The molecule has 164 valence electrons. The molecule has 0 spiro atoms. The maximum atomic E-state index is 12.0. The number of halogens is 2. The fraction of sp³-hybridized carbons (Fsp3) is 0.611. The highest BCUT2D eigenvalue weighted by atomic mass is 35.5. The SMILES string of the molecule is C[Si](C)(C)CCOCn1ccc2nc(NC(=O)NCC3CCCN3)cnc21.Cl.Cl. The molecule has 2 aromatic rings. The average molecular weight is 463 g/mol. The van der Waals surface area contributed by atoms with Crippen LogP contribution in [0.5, 0.6) is 0 Å². The van der Waals surface area contributed by atoms with Crippen molar-refractivity contribution in [2.24, 2.45) is 0 Å². The molecular formula is C18H32Cl2N6O2Si. The van der Waals surface area contributed by atoms with E-state index in [9.17, 15) is 4.79 Å². The summed E-state index contributed by atoms with van der Waals surface area (Å²) in [6, 6.07) is 3.12. The zero-order chi connectivity index (χ0) is 19.3. The van der Waals surface area contributed by atoms with Crippen LogP contribution < -0.4 is 16.0 Å². The van der Waals surface area contributed by atoms with E-state index >= 15 is 0 Å². The first-order valence-electron chi connectivity index (χ1n) is 9.59. The maximum Gasteiger partial charge on any atom is 0.320 e. The monoisotopic (exact) mass is 462 g/mol. The van der Waals surface area contributed by atoms with Gasteiger partial charge in [-0.15, -0.1) is 24.8 Å². The minimum absolute atomic E-state index is 0. The van der Waals surface area contributed by atoms with Gasteiger partial charge in [-0.3, -0.25) is 5.32 Å². The molecule has 1 atom stereocenters. The van der Waals surface area contributed by atoms with E-state index in [2.05, 4.69) is 45.6 Å². The molecule has 1 aliphatic rings. The van der Waals surface area contributed by atoms with E-state index in [1.807, 2.05) is 16.8 Å². The van der Waals surface area contributed by atoms with Gasteiger partial charge < -0.3 is 19.9 Å². The van der Waals surface area contributed by atoms with E-state index < -0.39 is 8.07 Å². The molecule has 3 rings (SSSR count). The van der Waals surface area contributed by atoms with Gasteiger partial charge in [-0.2, -0.15) is 0 Å². The number of ether oxygens (including phenoxy) is 1. The van der Waals surface area contributed by atoms with Crippen LogP contribution >= 0.6 is 24.8 Å². The van der Waals surface area contributed by atoms with Gasteiger partial charge >= 0.3 is 6.03 Å². The topological polar surface area (TPSA) is 93.1 Å². The standard InChI is InChI=1S/C18H30N6O2Si.2ClH/c1-27(2,3)10-9-26-13-24-8-6-15-17(24)20-12-16(22-15)23-18(25)21-11-14-5-4-7-19-14;;/h6,8,12,14,19H,4-5,7,9-11,13H2,1-3H3,(H2,21,22,23,25);2*1H. The van der Waals surface area contributed by atoms with Gasteiger partial charge in [0.15, 0.2) is 11.5 Å². The number of carbonyl (C=O) groups is 1. The van der Waals surface area contributed by atoms with Gasteiger partial charge in [-0.25, -0.2) is 14.8 Å². The van der Waals surface area contributed by atoms with E-state index in [0.717, 1.165) is 43.2 Å². The van der Waals surface area contributed by atoms with E-state index in [0.29, 0.717) is 25.1 Å². The van der Waals surface area contributed by atoms with Gasteiger partial charge in [-0.1, -0.05) is 19.6 Å². The minimum Gasteiger partial charge on any atom is -0.361 e. The molecule has 1 saturated heterocycles. The van der Waals surface area contributed by atoms with Crippen molar-refractivity contribution in [2.45, 2.75) is 51.3 Å². The van der Waals surface area contributed by atoms with Crippen molar-refractivity contribution in [3.8, 4) is 0 Å². The van der Waals surface area contributed by atoms with Gasteiger partial charge in [0.05, 0.1) is 6.20 Å². The van der Waals surface area contributed by atoms with Crippen LogP contribution in [0.3, 0.4) is 0 Å². The van der Waals surface area contributed by atoms with Crippen LogP contribution in [-0.2, 0) is 11.5 Å². The predicted molar refractivity (Wildman–Crippen MR) is 124 cm³/mol. The summed E-state index contributed by atoms with van der Waals surface area (Å²) < 4.78 is 7.71. The van der Waals surface area contributed by atoms with Gasteiger partial charge in [0.25, 0.3) is 0 Å². The van der Waals surface area contributed by atoms with Crippen LogP contribution in [0.15, 0.2) is 18.5 Å². The number of fused-ring (bicyclic) bond motifs is 1. The van der Waals surface area contributed by atoms with Crippen molar-refractivity contribution < 1.29 is 9.53 Å². The molecule has 0 aliphatic carbocycles. The van der Waals surface area contributed by atoms with Crippen molar-refractivity contribution in [1.29, 1.82) is 0 Å². The minimum atomic E-state index is -1.08. The Labute approximate surface area is 185 Å². The van der Waals surface area contributed by atoms with Gasteiger partial charge in [-0.05, 0) is 31.5 Å². The van der Waals surface area contributed by atoms with Crippen LogP contribution in [0.25, 0.3) is 11.2 Å².